The van der Waals surface area contributed by atoms with E-state index in [2.05, 4.69) is 4.98 Å². The highest BCUT2D eigenvalue weighted by molar-refractivity contribution is 6.00. The number of aromatic nitrogens is 1. The summed E-state index contributed by atoms with van der Waals surface area (Å²) in [5.41, 5.74) is 1.37. The van der Waals surface area contributed by atoms with E-state index in [-0.39, 0.29) is 17.7 Å². The molecule has 4 heteroatoms. The first kappa shape index (κ1) is 14.2. The highest BCUT2D eigenvalue weighted by Crippen LogP contribution is 2.15. The van der Waals surface area contributed by atoms with Crippen molar-refractivity contribution >= 4 is 22.7 Å². The molecule has 0 fully saturated rings. The Morgan fingerprint density at radius 3 is 2.82 bits per heavy atom. The minimum atomic E-state index is -0.342. The van der Waals surface area contributed by atoms with Gasteiger partial charge in [-0.3, -0.25) is 9.78 Å². The Morgan fingerprint density at radius 2 is 2.00 bits per heavy atom. The van der Waals surface area contributed by atoms with Gasteiger partial charge < -0.3 is 4.74 Å². The molecular formula is C18H15NO3. The van der Waals surface area contributed by atoms with E-state index < -0.39 is 0 Å². The van der Waals surface area contributed by atoms with Crippen LogP contribution in [0.5, 0.6) is 0 Å². The number of allylic oxidation sites excluding steroid dienone is 4. The first-order valence-corrected chi connectivity index (χ1v) is 7.15. The molecule has 0 spiro atoms. The van der Waals surface area contributed by atoms with Crippen LogP contribution in [-0.4, -0.2) is 23.3 Å². The Kier molecular flexibility index (Phi) is 4.10. The number of carbonyl (C=O) groups is 2. The van der Waals surface area contributed by atoms with Gasteiger partial charge in [-0.05, 0) is 48.8 Å². The molecule has 0 aliphatic heterocycles. The molecule has 1 aromatic carbocycles. The van der Waals surface area contributed by atoms with Gasteiger partial charge in [0.25, 0.3) is 0 Å². The van der Waals surface area contributed by atoms with E-state index in [0.717, 1.165) is 10.9 Å². The third kappa shape index (κ3) is 3.28. The molecule has 22 heavy (non-hydrogen) atoms. The molecule has 0 radical (unpaired) electrons. The molecule has 0 saturated carbocycles. The van der Waals surface area contributed by atoms with Crippen LogP contribution in [0.1, 0.15) is 16.8 Å². The highest BCUT2D eigenvalue weighted by Gasteiger charge is 2.11. The zero-order valence-corrected chi connectivity index (χ0v) is 11.9. The van der Waals surface area contributed by atoms with Crippen LogP contribution in [0.2, 0.25) is 0 Å². The molecule has 1 aliphatic carbocycles. The fraction of sp³-hybridized carbons (Fsp3) is 0.167. The molecular weight excluding hydrogens is 278 g/mol. The van der Waals surface area contributed by atoms with Crippen molar-refractivity contribution in [2.45, 2.75) is 6.42 Å². The summed E-state index contributed by atoms with van der Waals surface area (Å²) in [5, 5.41) is 0.911. The van der Waals surface area contributed by atoms with Crippen molar-refractivity contribution in [3.8, 4) is 0 Å². The quantitative estimate of drug-likeness (QED) is 0.813. The molecule has 0 bridgehead atoms. The molecule has 3 rings (SSSR count). The van der Waals surface area contributed by atoms with Crippen LogP contribution < -0.4 is 0 Å². The molecule has 0 amide bonds. The topological polar surface area (TPSA) is 56.3 Å². The molecule has 1 aliphatic rings. The van der Waals surface area contributed by atoms with Crippen LogP contribution in [0, 0.1) is 5.92 Å². The minimum Gasteiger partial charge on any atom is -0.462 e. The lowest BCUT2D eigenvalue weighted by molar-refractivity contribution is -0.110. The smallest absolute Gasteiger partial charge is 0.338 e. The minimum absolute atomic E-state index is 0.00184. The summed E-state index contributed by atoms with van der Waals surface area (Å²) >= 11 is 0. The van der Waals surface area contributed by atoms with E-state index in [1.54, 1.807) is 30.5 Å². The maximum atomic E-state index is 12.0. The Hall–Kier alpha value is -2.75. The summed E-state index contributed by atoms with van der Waals surface area (Å²) < 4.78 is 5.29. The molecule has 0 unspecified atom stereocenters. The van der Waals surface area contributed by atoms with Gasteiger partial charge in [0.05, 0.1) is 17.7 Å². The standard InChI is InChI=1S/C18H15NO3/c20-16-6-3-13(4-7-16)9-11-22-18(21)15-5-8-17-14(12-15)2-1-10-19-17/h1-8,10,12-13H,9,11H2. The molecule has 0 atom stereocenters. The number of hydrogen-bond donors (Lipinski definition) is 0. The zero-order chi connectivity index (χ0) is 15.4. The average Bonchev–Trinajstić information content (AvgIpc) is 2.56. The van der Waals surface area contributed by atoms with Crippen molar-refractivity contribution in [2.75, 3.05) is 6.61 Å². The Bertz CT molecular complexity index is 761. The SMILES string of the molecule is O=C1C=CC(CCOC(=O)c2ccc3ncccc3c2)C=C1. The van der Waals surface area contributed by atoms with Crippen LogP contribution >= 0.6 is 0 Å². The number of ether oxygens (including phenoxy) is 1. The van der Waals surface area contributed by atoms with E-state index in [1.807, 2.05) is 30.4 Å². The van der Waals surface area contributed by atoms with Gasteiger partial charge >= 0.3 is 5.97 Å². The number of carbonyl (C=O) groups excluding carboxylic acids is 2. The monoisotopic (exact) mass is 293 g/mol. The van der Waals surface area contributed by atoms with Crippen LogP contribution in [0.25, 0.3) is 10.9 Å². The Balaban J connectivity index is 1.58. The second kappa shape index (κ2) is 6.35. The van der Waals surface area contributed by atoms with Crippen LogP contribution in [0.3, 0.4) is 0 Å². The van der Waals surface area contributed by atoms with Gasteiger partial charge in [-0.15, -0.1) is 0 Å². The van der Waals surface area contributed by atoms with E-state index in [0.29, 0.717) is 18.6 Å². The average molecular weight is 293 g/mol. The third-order valence-electron chi connectivity index (χ3n) is 3.54. The van der Waals surface area contributed by atoms with Crippen molar-refractivity contribution in [3.05, 3.63) is 66.4 Å². The number of ketones is 1. The number of esters is 1. The molecule has 1 heterocycles. The molecule has 110 valence electrons. The fourth-order valence-corrected chi connectivity index (χ4v) is 2.32. The van der Waals surface area contributed by atoms with Crippen LogP contribution in [0.4, 0.5) is 0 Å². The summed E-state index contributed by atoms with van der Waals surface area (Å²) in [7, 11) is 0. The number of pyridine rings is 1. The van der Waals surface area contributed by atoms with Gasteiger partial charge in [0, 0.05) is 11.6 Å². The van der Waals surface area contributed by atoms with E-state index >= 15 is 0 Å². The lowest BCUT2D eigenvalue weighted by Crippen LogP contribution is -2.10. The molecule has 2 aromatic rings. The number of fused-ring (bicyclic) bond motifs is 1. The van der Waals surface area contributed by atoms with Gasteiger partial charge in [0.2, 0.25) is 0 Å². The van der Waals surface area contributed by atoms with Crippen molar-refractivity contribution in [2.24, 2.45) is 5.92 Å². The summed E-state index contributed by atoms with van der Waals surface area (Å²) in [6, 6.07) is 9.05. The second-order valence-corrected chi connectivity index (χ2v) is 5.12. The summed E-state index contributed by atoms with van der Waals surface area (Å²) in [5.74, 6) is -0.199. The van der Waals surface area contributed by atoms with Crippen molar-refractivity contribution in [1.29, 1.82) is 0 Å². The van der Waals surface area contributed by atoms with Crippen molar-refractivity contribution < 1.29 is 14.3 Å². The number of rotatable bonds is 4. The predicted octanol–water partition coefficient (Wildman–Crippen LogP) is 3.09. The lowest BCUT2D eigenvalue weighted by atomic mass is 10.00. The van der Waals surface area contributed by atoms with Crippen LogP contribution in [-0.2, 0) is 9.53 Å². The largest absolute Gasteiger partial charge is 0.462 e. The molecule has 4 nitrogen and oxygen atoms in total. The maximum Gasteiger partial charge on any atom is 0.338 e. The van der Waals surface area contributed by atoms with Gasteiger partial charge in [-0.1, -0.05) is 18.2 Å². The fourth-order valence-electron chi connectivity index (χ4n) is 2.32. The number of nitrogens with zero attached hydrogens (tertiary/aromatic N) is 1. The van der Waals surface area contributed by atoms with E-state index in [1.165, 1.54) is 0 Å². The Morgan fingerprint density at radius 1 is 1.18 bits per heavy atom. The number of benzene rings is 1. The first-order chi connectivity index (χ1) is 10.7. The summed E-state index contributed by atoms with van der Waals surface area (Å²) in [6.45, 7) is 0.317. The van der Waals surface area contributed by atoms with Crippen molar-refractivity contribution in [1.82, 2.24) is 4.98 Å². The first-order valence-electron chi connectivity index (χ1n) is 7.15. The van der Waals surface area contributed by atoms with Gasteiger partial charge in [-0.25, -0.2) is 4.79 Å². The summed E-state index contributed by atoms with van der Waals surface area (Å²) in [4.78, 5) is 27.3. The predicted molar refractivity (Wildman–Crippen MR) is 83.4 cm³/mol. The Labute approximate surface area is 128 Å². The molecule has 0 N–H and O–H groups in total. The van der Waals surface area contributed by atoms with Crippen LogP contribution in [0.15, 0.2) is 60.8 Å². The second-order valence-electron chi connectivity index (χ2n) is 5.12. The van der Waals surface area contributed by atoms with E-state index in [9.17, 15) is 9.59 Å². The maximum absolute atomic E-state index is 12.0. The highest BCUT2D eigenvalue weighted by atomic mass is 16.5. The normalized spacial score (nSPS) is 14.5. The summed E-state index contributed by atoms with van der Waals surface area (Å²) in [6.07, 6.45) is 9.14. The van der Waals surface area contributed by atoms with E-state index in [4.69, 9.17) is 4.74 Å². The van der Waals surface area contributed by atoms with Gasteiger partial charge in [0.15, 0.2) is 5.78 Å². The molecule has 1 aromatic heterocycles. The van der Waals surface area contributed by atoms with Gasteiger partial charge in [0.1, 0.15) is 0 Å². The van der Waals surface area contributed by atoms with Crippen molar-refractivity contribution in [3.63, 3.8) is 0 Å². The molecule has 0 saturated heterocycles. The zero-order valence-electron chi connectivity index (χ0n) is 11.9. The number of hydrogen-bond acceptors (Lipinski definition) is 4. The third-order valence-corrected chi connectivity index (χ3v) is 3.54. The van der Waals surface area contributed by atoms with Gasteiger partial charge in [-0.2, -0.15) is 0 Å². The lowest BCUT2D eigenvalue weighted by Gasteiger charge is -2.11.